The summed E-state index contributed by atoms with van der Waals surface area (Å²) in [6.07, 6.45) is 0. The summed E-state index contributed by atoms with van der Waals surface area (Å²) < 4.78 is 0. The Morgan fingerprint density at radius 2 is 2.07 bits per heavy atom. The molecule has 1 aromatic carbocycles. The fourth-order valence-electron chi connectivity index (χ4n) is 0.778. The van der Waals surface area contributed by atoms with Gasteiger partial charge in [0, 0.05) is 5.02 Å². The molecule has 0 aromatic heterocycles. The number of nitrogens with two attached hydrogens (primary N) is 1. The lowest BCUT2D eigenvalue weighted by Gasteiger charge is -1.94. The summed E-state index contributed by atoms with van der Waals surface area (Å²) in [5, 5.41) is 8.27. The minimum absolute atomic E-state index is 0.218. The number of hydrazine groups is 1. The van der Waals surface area contributed by atoms with Crippen LogP contribution in [0.5, 0.6) is 0 Å². The van der Waals surface area contributed by atoms with Crippen LogP contribution < -0.4 is 11.2 Å². The minimum Gasteiger partial charge on any atom is -0.365 e. The number of rotatable bonds is 2. The molecule has 14 heavy (non-hydrogen) atoms. The Bertz CT molecular complexity index is 362. The van der Waals surface area contributed by atoms with Crippen LogP contribution in [-0.2, 0) is 0 Å². The monoisotopic (exact) mass is 215 g/mol. The molecule has 0 atom stereocenters. The Labute approximate surface area is 84.5 Å². The van der Waals surface area contributed by atoms with Crippen LogP contribution >= 0.6 is 11.6 Å². The summed E-state index contributed by atoms with van der Waals surface area (Å²) in [6, 6.07) is 6.48. The van der Waals surface area contributed by atoms with Crippen molar-refractivity contribution in [3.8, 4) is 0 Å². The molecule has 0 radical (unpaired) electrons. The highest BCUT2D eigenvalue weighted by atomic mass is 35.5. The number of hydrogen-bond donors (Lipinski definition) is 3. The van der Waals surface area contributed by atoms with Gasteiger partial charge in [0.15, 0.2) is 0 Å². The number of aliphatic imine (C=N–C) groups is 1. The molecule has 0 aliphatic rings. The predicted octanol–water partition coefficient (Wildman–Crippen LogP) is 0.959. The second kappa shape index (κ2) is 4.43. The van der Waals surface area contributed by atoms with Crippen LogP contribution in [-0.4, -0.2) is 16.2 Å². The van der Waals surface area contributed by atoms with E-state index in [1.54, 1.807) is 24.3 Å². The molecule has 7 heteroatoms. The molecular weight excluding hydrogens is 208 g/mol. The van der Waals surface area contributed by atoms with E-state index in [9.17, 15) is 4.91 Å². The van der Waals surface area contributed by atoms with Crippen LogP contribution in [0.2, 0.25) is 5.02 Å². The predicted molar refractivity (Wildman–Crippen MR) is 51.3 cm³/mol. The van der Waals surface area contributed by atoms with E-state index >= 15 is 0 Å². The van der Waals surface area contributed by atoms with E-state index < -0.39 is 5.03 Å². The topological polar surface area (TPSA) is 90.7 Å². The molecule has 1 rings (SSSR count). The van der Waals surface area contributed by atoms with Crippen molar-refractivity contribution in [2.24, 2.45) is 10.7 Å². The van der Waals surface area contributed by atoms with Crippen LogP contribution in [0.4, 0.5) is 5.69 Å². The minimum atomic E-state index is -0.533. The Kier molecular flexibility index (Phi) is 3.24. The summed E-state index contributed by atoms with van der Waals surface area (Å²) in [5.74, 6) is -0.218. The largest absolute Gasteiger partial charge is 0.365 e. The maximum Gasteiger partial charge on any atom is 0.362 e. The van der Waals surface area contributed by atoms with Crippen molar-refractivity contribution >= 4 is 23.2 Å². The van der Waals surface area contributed by atoms with Gasteiger partial charge in [0.05, 0.1) is 5.69 Å². The first-order chi connectivity index (χ1) is 6.58. The summed E-state index contributed by atoms with van der Waals surface area (Å²) in [6.45, 7) is 0. The molecule has 0 aliphatic heterocycles. The average Bonchev–Trinajstić information content (AvgIpc) is 2.07. The first kappa shape index (κ1) is 10.3. The van der Waals surface area contributed by atoms with Crippen LogP contribution in [0, 0.1) is 4.91 Å². The van der Waals surface area contributed by atoms with Gasteiger partial charge in [0.2, 0.25) is 0 Å². The maximum atomic E-state index is 10.1. The molecule has 0 amide bonds. The first-order valence-corrected chi connectivity index (χ1v) is 3.98. The molecule has 0 aliphatic carbocycles. The highest BCUT2D eigenvalue weighted by Crippen LogP contribution is 2.15. The zero-order valence-corrected chi connectivity index (χ0v) is 7.77. The van der Waals surface area contributed by atoms with Gasteiger partial charge in [0.1, 0.15) is 4.91 Å². The van der Waals surface area contributed by atoms with Gasteiger partial charge in [-0.05, 0) is 29.7 Å². The lowest BCUT2D eigenvalue weighted by Crippen LogP contribution is -2.36. The highest BCUT2D eigenvalue weighted by Gasteiger charge is 2.04. The molecule has 0 bridgehead atoms. The third-order valence-corrected chi connectivity index (χ3v) is 1.54. The van der Waals surface area contributed by atoms with E-state index in [1.807, 2.05) is 5.43 Å². The van der Waals surface area contributed by atoms with Gasteiger partial charge in [-0.3, -0.25) is 0 Å². The second-order valence-electron chi connectivity index (χ2n) is 2.36. The number of nitrogens with one attached hydrogen (secondary N) is 1. The molecule has 6 nitrogen and oxygen atoms in total. The van der Waals surface area contributed by atoms with E-state index in [0.717, 1.165) is 0 Å². The van der Waals surface area contributed by atoms with Crippen molar-refractivity contribution in [3.05, 3.63) is 34.2 Å². The van der Waals surface area contributed by atoms with E-state index in [4.69, 9.17) is 22.5 Å². The van der Waals surface area contributed by atoms with Gasteiger partial charge in [-0.1, -0.05) is 11.6 Å². The van der Waals surface area contributed by atoms with Gasteiger partial charge < -0.3 is 5.73 Å². The molecule has 0 unspecified atom stereocenters. The molecular formula is C7H8ClN4O2+. The number of nitrogens with zero attached hydrogens (tertiary/aromatic N) is 2. The second-order valence-corrected chi connectivity index (χ2v) is 2.79. The number of halogens is 1. The Morgan fingerprint density at radius 3 is 2.57 bits per heavy atom. The van der Waals surface area contributed by atoms with E-state index in [1.165, 1.54) is 0 Å². The van der Waals surface area contributed by atoms with Crippen LogP contribution in [0.15, 0.2) is 29.3 Å². The molecule has 1 aromatic rings. The van der Waals surface area contributed by atoms with Crippen molar-refractivity contribution in [2.45, 2.75) is 0 Å². The summed E-state index contributed by atoms with van der Waals surface area (Å²) in [7, 11) is 0. The molecule has 0 saturated carbocycles. The third-order valence-electron chi connectivity index (χ3n) is 1.29. The fourth-order valence-corrected chi connectivity index (χ4v) is 0.904. The molecule has 0 heterocycles. The summed E-state index contributed by atoms with van der Waals surface area (Å²) in [4.78, 5) is 13.8. The lowest BCUT2D eigenvalue weighted by atomic mass is 10.3. The Balaban J connectivity index is 2.76. The van der Waals surface area contributed by atoms with Crippen LogP contribution in [0.25, 0.3) is 0 Å². The summed E-state index contributed by atoms with van der Waals surface area (Å²) in [5.41, 5.74) is 7.60. The fraction of sp³-hybridized carbons (Fsp3) is 0. The van der Waals surface area contributed by atoms with E-state index in [2.05, 4.69) is 4.99 Å². The van der Waals surface area contributed by atoms with Crippen molar-refractivity contribution in [1.82, 2.24) is 5.43 Å². The molecule has 0 spiro atoms. The van der Waals surface area contributed by atoms with E-state index in [0.29, 0.717) is 10.7 Å². The van der Waals surface area contributed by atoms with Gasteiger partial charge in [-0.2, -0.15) is 0 Å². The summed E-state index contributed by atoms with van der Waals surface area (Å²) >= 11 is 5.64. The Hall–Kier alpha value is -1.82. The third kappa shape index (κ3) is 3.28. The molecule has 0 fully saturated rings. The molecule has 0 saturated heterocycles. The van der Waals surface area contributed by atoms with Crippen molar-refractivity contribution in [3.63, 3.8) is 0 Å². The lowest BCUT2D eigenvalue weighted by molar-refractivity contribution is -0.822. The van der Waals surface area contributed by atoms with Crippen molar-refractivity contribution in [1.29, 1.82) is 0 Å². The number of guanidine groups is 1. The SMILES string of the molecule is NC(=Nc1ccc(Cl)cc1)N[N+](=O)O. The van der Waals surface area contributed by atoms with Gasteiger partial charge in [-0.25, -0.2) is 10.2 Å². The van der Waals surface area contributed by atoms with Gasteiger partial charge >= 0.3 is 5.03 Å². The van der Waals surface area contributed by atoms with Crippen LogP contribution in [0.1, 0.15) is 0 Å². The van der Waals surface area contributed by atoms with Gasteiger partial charge in [0.25, 0.3) is 5.96 Å². The number of hydrogen-bond acceptors (Lipinski definition) is 2. The maximum absolute atomic E-state index is 10.1. The van der Waals surface area contributed by atoms with Crippen molar-refractivity contribution in [2.75, 3.05) is 0 Å². The van der Waals surface area contributed by atoms with Gasteiger partial charge in [-0.15, -0.1) is 0 Å². The highest BCUT2D eigenvalue weighted by molar-refractivity contribution is 6.30. The zero-order valence-electron chi connectivity index (χ0n) is 7.01. The smallest absolute Gasteiger partial charge is 0.362 e. The quantitative estimate of drug-likeness (QED) is 0.389. The average molecular weight is 216 g/mol. The Morgan fingerprint density at radius 1 is 1.50 bits per heavy atom. The first-order valence-electron chi connectivity index (χ1n) is 3.60. The zero-order chi connectivity index (χ0) is 10.6. The normalized spacial score (nSPS) is 11.1. The van der Waals surface area contributed by atoms with E-state index in [-0.39, 0.29) is 5.96 Å². The standard InChI is InChI=1S/C7H8ClN4O2/c8-5-1-3-6(4-2-5)10-7(9)11-12(13)14/h1-4H,(H,13,14)(H3,9,10,11)/q+1. The van der Waals surface area contributed by atoms with Crippen molar-refractivity contribution < 1.29 is 10.2 Å². The molecule has 4 N–H and O–H groups in total. The van der Waals surface area contributed by atoms with Crippen LogP contribution in [0.3, 0.4) is 0 Å². The molecule has 74 valence electrons. The number of benzene rings is 1.